The maximum Gasteiger partial charge on any atom is 0.279 e. The Balaban J connectivity index is 1.54. The molecule has 0 spiro atoms. The van der Waals surface area contributed by atoms with Crippen molar-refractivity contribution in [3.63, 3.8) is 0 Å². The minimum atomic E-state index is -0.475. The molecule has 1 heterocycles. The zero-order valence-corrected chi connectivity index (χ0v) is 15.9. The van der Waals surface area contributed by atoms with E-state index in [0.29, 0.717) is 11.6 Å². The predicted molar refractivity (Wildman–Crippen MR) is 104 cm³/mol. The lowest BCUT2D eigenvalue weighted by atomic mass is 10.1. The molecule has 0 unspecified atom stereocenters. The van der Waals surface area contributed by atoms with Gasteiger partial charge in [0.15, 0.2) is 6.54 Å². The van der Waals surface area contributed by atoms with Gasteiger partial charge in [0, 0.05) is 10.7 Å². The molecule has 138 valence electrons. The molecule has 26 heavy (non-hydrogen) atoms. The highest BCUT2D eigenvalue weighted by molar-refractivity contribution is 6.30. The summed E-state index contributed by atoms with van der Waals surface area (Å²) in [6.07, 6.45) is 0. The van der Waals surface area contributed by atoms with Crippen molar-refractivity contribution in [2.45, 2.75) is 13.8 Å². The van der Waals surface area contributed by atoms with Gasteiger partial charge in [0.1, 0.15) is 5.82 Å². The number of aryl methyl sites for hydroxylation is 1. The van der Waals surface area contributed by atoms with Gasteiger partial charge >= 0.3 is 0 Å². The predicted octanol–water partition coefficient (Wildman–Crippen LogP) is 2.44. The number of carbonyl (C=O) groups is 1. The Kier molecular flexibility index (Phi) is 5.79. The Hall–Kier alpha value is -2.11. The van der Waals surface area contributed by atoms with Crippen LogP contribution in [0.1, 0.15) is 11.1 Å². The Morgan fingerprint density at radius 3 is 2.69 bits per heavy atom. The van der Waals surface area contributed by atoms with Crippen molar-refractivity contribution >= 4 is 28.9 Å². The molecule has 2 N–H and O–H groups in total. The number of anilines is 2. The molecule has 0 saturated carbocycles. The van der Waals surface area contributed by atoms with Crippen molar-refractivity contribution in [2.75, 3.05) is 42.9 Å². The van der Waals surface area contributed by atoms with Gasteiger partial charge in [-0.25, -0.2) is 4.39 Å². The molecule has 6 heteroatoms. The molecule has 0 atom stereocenters. The minimum Gasteiger partial charge on any atom is -0.360 e. The van der Waals surface area contributed by atoms with Gasteiger partial charge in [-0.15, -0.1) is 0 Å². The molecule has 1 amide bonds. The average molecular weight is 377 g/mol. The van der Waals surface area contributed by atoms with Gasteiger partial charge in [-0.3, -0.25) is 4.79 Å². The maximum absolute atomic E-state index is 13.7. The summed E-state index contributed by atoms with van der Waals surface area (Å²) in [6.45, 7) is 8.15. The van der Waals surface area contributed by atoms with Crippen LogP contribution in [-0.4, -0.2) is 38.6 Å². The molecule has 2 aromatic carbocycles. The first-order valence-electron chi connectivity index (χ1n) is 8.83. The Bertz CT molecular complexity index is 804. The van der Waals surface area contributed by atoms with E-state index >= 15 is 0 Å². The van der Waals surface area contributed by atoms with Crippen LogP contribution in [0, 0.1) is 19.7 Å². The van der Waals surface area contributed by atoms with Gasteiger partial charge < -0.3 is 15.1 Å². The average Bonchev–Trinajstić information content (AvgIpc) is 2.61. The molecule has 1 fully saturated rings. The summed E-state index contributed by atoms with van der Waals surface area (Å²) >= 11 is 5.86. The molecule has 1 aliphatic rings. The number of piperazine rings is 1. The third kappa shape index (κ3) is 4.34. The highest BCUT2D eigenvalue weighted by Crippen LogP contribution is 2.22. The summed E-state index contributed by atoms with van der Waals surface area (Å²) < 4.78 is 13.7. The molecule has 2 aromatic rings. The normalized spacial score (nSPS) is 15.2. The Morgan fingerprint density at radius 1 is 1.23 bits per heavy atom. The molecule has 0 bridgehead atoms. The van der Waals surface area contributed by atoms with Gasteiger partial charge in [-0.05, 0) is 49.2 Å². The van der Waals surface area contributed by atoms with Crippen LogP contribution in [0.4, 0.5) is 15.8 Å². The number of quaternary nitrogens is 1. The van der Waals surface area contributed by atoms with Crippen LogP contribution in [0.2, 0.25) is 5.02 Å². The molecule has 0 radical (unpaired) electrons. The first-order valence-corrected chi connectivity index (χ1v) is 9.21. The number of nitrogens with zero attached hydrogens (tertiary/aromatic N) is 1. The number of hydrogen-bond donors (Lipinski definition) is 2. The van der Waals surface area contributed by atoms with Crippen LogP contribution < -0.4 is 15.1 Å². The Morgan fingerprint density at radius 2 is 1.96 bits per heavy atom. The lowest BCUT2D eigenvalue weighted by Gasteiger charge is -2.34. The van der Waals surface area contributed by atoms with E-state index in [2.05, 4.69) is 42.3 Å². The maximum atomic E-state index is 13.7. The molecule has 1 aliphatic heterocycles. The SMILES string of the molecule is Cc1cccc(N2CC[NH+](CC(=O)Nc3cc(Cl)ccc3F)CC2)c1C. The molecule has 4 nitrogen and oxygen atoms in total. The fraction of sp³-hybridized carbons (Fsp3) is 0.350. The van der Waals surface area contributed by atoms with Crippen molar-refractivity contribution in [2.24, 2.45) is 0 Å². The summed E-state index contributed by atoms with van der Waals surface area (Å²) in [5.74, 6) is -0.668. The van der Waals surface area contributed by atoms with Crippen molar-refractivity contribution in [3.8, 4) is 0 Å². The quantitative estimate of drug-likeness (QED) is 0.860. The number of halogens is 2. The zero-order chi connectivity index (χ0) is 18.7. The third-order valence-corrected chi connectivity index (χ3v) is 5.24. The number of carbonyl (C=O) groups excluding carboxylic acids is 1. The van der Waals surface area contributed by atoms with E-state index in [-0.39, 0.29) is 11.6 Å². The van der Waals surface area contributed by atoms with E-state index in [0.717, 1.165) is 26.2 Å². The summed E-state index contributed by atoms with van der Waals surface area (Å²) in [6, 6.07) is 10.5. The van der Waals surface area contributed by atoms with Gasteiger partial charge in [-0.2, -0.15) is 0 Å². The molecule has 3 rings (SSSR count). The van der Waals surface area contributed by atoms with Crippen molar-refractivity contribution in [3.05, 3.63) is 58.4 Å². The second-order valence-corrected chi connectivity index (χ2v) is 7.24. The highest BCUT2D eigenvalue weighted by atomic mass is 35.5. The molecule has 1 saturated heterocycles. The van der Waals surface area contributed by atoms with Gasteiger partial charge in [0.05, 0.1) is 31.9 Å². The van der Waals surface area contributed by atoms with Crippen LogP contribution in [0.25, 0.3) is 0 Å². The van der Waals surface area contributed by atoms with E-state index in [9.17, 15) is 9.18 Å². The van der Waals surface area contributed by atoms with E-state index in [4.69, 9.17) is 11.6 Å². The minimum absolute atomic E-state index is 0.135. The summed E-state index contributed by atoms with van der Waals surface area (Å²) in [5.41, 5.74) is 4.01. The number of hydrogen-bond acceptors (Lipinski definition) is 2. The fourth-order valence-electron chi connectivity index (χ4n) is 3.33. The lowest BCUT2D eigenvalue weighted by molar-refractivity contribution is -0.892. The smallest absolute Gasteiger partial charge is 0.279 e. The fourth-order valence-corrected chi connectivity index (χ4v) is 3.51. The second-order valence-electron chi connectivity index (χ2n) is 6.81. The number of nitrogens with one attached hydrogen (secondary N) is 2. The topological polar surface area (TPSA) is 36.8 Å². The van der Waals surface area contributed by atoms with Crippen molar-refractivity contribution < 1.29 is 14.1 Å². The molecule has 0 aromatic heterocycles. The Labute approximate surface area is 158 Å². The van der Waals surface area contributed by atoms with E-state index in [1.54, 1.807) is 0 Å². The highest BCUT2D eigenvalue weighted by Gasteiger charge is 2.23. The zero-order valence-electron chi connectivity index (χ0n) is 15.1. The van der Waals surface area contributed by atoms with Gasteiger partial charge in [-0.1, -0.05) is 23.7 Å². The van der Waals surface area contributed by atoms with Crippen LogP contribution in [0.15, 0.2) is 36.4 Å². The van der Waals surface area contributed by atoms with E-state index in [1.807, 2.05) is 0 Å². The van der Waals surface area contributed by atoms with E-state index in [1.165, 1.54) is 39.9 Å². The van der Waals surface area contributed by atoms with Crippen LogP contribution >= 0.6 is 11.6 Å². The van der Waals surface area contributed by atoms with Crippen molar-refractivity contribution in [1.29, 1.82) is 0 Å². The molecular formula is C20H24ClFN3O+. The summed E-state index contributed by atoms with van der Waals surface area (Å²) in [5, 5.41) is 3.02. The monoisotopic (exact) mass is 376 g/mol. The first kappa shape index (κ1) is 18.7. The van der Waals surface area contributed by atoms with Crippen LogP contribution in [0.5, 0.6) is 0 Å². The molecule has 0 aliphatic carbocycles. The summed E-state index contributed by atoms with van der Waals surface area (Å²) in [7, 11) is 0. The van der Waals surface area contributed by atoms with Crippen molar-refractivity contribution in [1.82, 2.24) is 0 Å². The van der Waals surface area contributed by atoms with Crippen LogP contribution in [-0.2, 0) is 4.79 Å². The summed E-state index contributed by atoms with van der Waals surface area (Å²) in [4.78, 5) is 15.8. The van der Waals surface area contributed by atoms with E-state index < -0.39 is 5.82 Å². The van der Waals surface area contributed by atoms with Crippen LogP contribution in [0.3, 0.4) is 0 Å². The van der Waals surface area contributed by atoms with Gasteiger partial charge in [0.2, 0.25) is 0 Å². The largest absolute Gasteiger partial charge is 0.360 e. The number of rotatable bonds is 4. The number of amides is 1. The standard InChI is InChI=1S/C20H23ClFN3O/c1-14-4-3-5-19(15(14)2)25-10-8-24(9-11-25)13-20(26)23-18-12-16(21)6-7-17(18)22/h3-7,12H,8-11,13H2,1-2H3,(H,23,26)/p+1. The second kappa shape index (κ2) is 8.06. The number of benzene rings is 2. The first-order chi connectivity index (χ1) is 12.4. The third-order valence-electron chi connectivity index (χ3n) is 5.00. The molecular weight excluding hydrogens is 353 g/mol. The van der Waals surface area contributed by atoms with Gasteiger partial charge in [0.25, 0.3) is 5.91 Å². The lowest BCUT2D eigenvalue weighted by Crippen LogP contribution is -3.15.